The molecule has 0 spiro atoms. The zero-order chi connectivity index (χ0) is 8.97. The van der Waals surface area contributed by atoms with Gasteiger partial charge in [0, 0.05) is 0 Å². The van der Waals surface area contributed by atoms with Gasteiger partial charge in [-0.25, -0.2) is 0 Å². The minimum atomic E-state index is -0.00347. The van der Waals surface area contributed by atoms with Crippen molar-refractivity contribution in [2.24, 2.45) is 11.8 Å². The molecule has 1 heteroatoms. The van der Waals surface area contributed by atoms with Crippen molar-refractivity contribution in [1.29, 1.82) is 0 Å². The maximum Gasteiger partial charge on any atom is 0.0542 e. The van der Waals surface area contributed by atoms with Crippen molar-refractivity contribution in [1.82, 2.24) is 0 Å². The van der Waals surface area contributed by atoms with Crippen LogP contribution in [-0.4, -0.2) is 11.2 Å². The second-order valence-electron chi connectivity index (χ2n) is 4.67. The Morgan fingerprint density at radius 3 is 2.58 bits per heavy atom. The molecule has 2 atom stereocenters. The number of hydrogen-bond acceptors (Lipinski definition) is 1. The zero-order valence-corrected chi connectivity index (χ0v) is 8.42. The van der Waals surface area contributed by atoms with Crippen LogP contribution in [0.25, 0.3) is 0 Å². The number of hydrogen-bond donors (Lipinski definition) is 1. The lowest BCUT2D eigenvalue weighted by molar-refractivity contribution is 0.136. The first kappa shape index (κ1) is 10.0. The van der Waals surface area contributed by atoms with Gasteiger partial charge in [0.05, 0.1) is 6.10 Å². The standard InChI is InChI=1S/C11H22O/c1-9(2)7-10-5-3-4-6-11(12)8-10/h9-12H,3-8H2,1-2H3. The molecule has 1 rings (SSSR count). The van der Waals surface area contributed by atoms with E-state index in [2.05, 4.69) is 13.8 Å². The largest absolute Gasteiger partial charge is 0.393 e. The van der Waals surface area contributed by atoms with E-state index in [0.29, 0.717) is 0 Å². The summed E-state index contributed by atoms with van der Waals surface area (Å²) in [4.78, 5) is 0. The Labute approximate surface area is 76.2 Å². The highest BCUT2D eigenvalue weighted by Gasteiger charge is 2.18. The van der Waals surface area contributed by atoms with Crippen molar-refractivity contribution in [3.63, 3.8) is 0 Å². The first-order valence-corrected chi connectivity index (χ1v) is 5.36. The third-order valence-electron chi connectivity index (χ3n) is 2.81. The Bertz CT molecular complexity index is 120. The van der Waals surface area contributed by atoms with Crippen molar-refractivity contribution < 1.29 is 5.11 Å². The normalized spacial score (nSPS) is 32.0. The molecule has 0 heterocycles. The van der Waals surface area contributed by atoms with Gasteiger partial charge in [-0.05, 0) is 31.1 Å². The number of aliphatic hydroxyl groups excluding tert-OH is 1. The summed E-state index contributed by atoms with van der Waals surface area (Å²) in [7, 11) is 0. The van der Waals surface area contributed by atoms with Gasteiger partial charge in [-0.2, -0.15) is 0 Å². The molecule has 0 bridgehead atoms. The van der Waals surface area contributed by atoms with Crippen LogP contribution in [0.2, 0.25) is 0 Å². The topological polar surface area (TPSA) is 20.2 Å². The molecule has 0 amide bonds. The maximum atomic E-state index is 9.57. The Morgan fingerprint density at radius 1 is 1.25 bits per heavy atom. The molecule has 2 unspecified atom stereocenters. The number of rotatable bonds is 2. The van der Waals surface area contributed by atoms with Gasteiger partial charge in [-0.3, -0.25) is 0 Å². The van der Waals surface area contributed by atoms with Gasteiger partial charge in [0.1, 0.15) is 0 Å². The van der Waals surface area contributed by atoms with Crippen LogP contribution in [0.1, 0.15) is 52.4 Å². The SMILES string of the molecule is CC(C)CC1CCCCC(O)C1. The minimum absolute atomic E-state index is 0.00347. The molecule has 1 aliphatic carbocycles. The molecular weight excluding hydrogens is 148 g/mol. The van der Waals surface area contributed by atoms with Crippen LogP contribution >= 0.6 is 0 Å². The van der Waals surface area contributed by atoms with E-state index in [1.807, 2.05) is 0 Å². The van der Waals surface area contributed by atoms with E-state index in [1.54, 1.807) is 0 Å². The van der Waals surface area contributed by atoms with Crippen molar-refractivity contribution in [2.45, 2.75) is 58.5 Å². The van der Waals surface area contributed by atoms with Crippen LogP contribution in [0.3, 0.4) is 0 Å². The molecule has 0 saturated heterocycles. The van der Waals surface area contributed by atoms with Gasteiger partial charge in [0.25, 0.3) is 0 Å². The molecule has 0 aromatic carbocycles. The van der Waals surface area contributed by atoms with Gasteiger partial charge >= 0.3 is 0 Å². The third-order valence-corrected chi connectivity index (χ3v) is 2.81. The highest BCUT2D eigenvalue weighted by molar-refractivity contribution is 4.71. The number of aliphatic hydroxyl groups is 1. The smallest absolute Gasteiger partial charge is 0.0542 e. The van der Waals surface area contributed by atoms with E-state index in [0.717, 1.165) is 24.7 Å². The molecule has 1 aliphatic rings. The minimum Gasteiger partial charge on any atom is -0.393 e. The third kappa shape index (κ3) is 3.57. The predicted molar refractivity (Wildman–Crippen MR) is 52.0 cm³/mol. The van der Waals surface area contributed by atoms with Gasteiger partial charge in [-0.15, -0.1) is 0 Å². The molecule has 0 radical (unpaired) electrons. The molecule has 0 aliphatic heterocycles. The first-order chi connectivity index (χ1) is 5.68. The van der Waals surface area contributed by atoms with E-state index in [4.69, 9.17) is 0 Å². The molecule has 1 nitrogen and oxygen atoms in total. The quantitative estimate of drug-likeness (QED) is 0.632. The Balaban J connectivity index is 2.31. The molecule has 0 aromatic heterocycles. The van der Waals surface area contributed by atoms with Crippen LogP contribution in [0.15, 0.2) is 0 Å². The summed E-state index contributed by atoms with van der Waals surface area (Å²) in [5, 5.41) is 9.57. The van der Waals surface area contributed by atoms with Crippen LogP contribution in [0, 0.1) is 11.8 Å². The summed E-state index contributed by atoms with van der Waals surface area (Å²) < 4.78 is 0. The van der Waals surface area contributed by atoms with E-state index in [-0.39, 0.29) is 6.10 Å². The molecule has 1 N–H and O–H groups in total. The van der Waals surface area contributed by atoms with E-state index in [9.17, 15) is 5.11 Å². The molecule has 1 saturated carbocycles. The van der Waals surface area contributed by atoms with Crippen molar-refractivity contribution >= 4 is 0 Å². The van der Waals surface area contributed by atoms with Crippen LogP contribution in [0.4, 0.5) is 0 Å². The van der Waals surface area contributed by atoms with Crippen molar-refractivity contribution in [3.8, 4) is 0 Å². The van der Waals surface area contributed by atoms with Gasteiger partial charge in [0.15, 0.2) is 0 Å². The lowest BCUT2D eigenvalue weighted by atomic mass is 9.90. The zero-order valence-electron chi connectivity index (χ0n) is 8.42. The lowest BCUT2D eigenvalue weighted by Crippen LogP contribution is -2.12. The molecule has 1 fully saturated rings. The van der Waals surface area contributed by atoms with E-state index < -0.39 is 0 Å². The van der Waals surface area contributed by atoms with Crippen LogP contribution in [-0.2, 0) is 0 Å². The fourth-order valence-electron chi connectivity index (χ4n) is 2.31. The monoisotopic (exact) mass is 170 g/mol. The van der Waals surface area contributed by atoms with Crippen LogP contribution in [0.5, 0.6) is 0 Å². The fourth-order valence-corrected chi connectivity index (χ4v) is 2.31. The summed E-state index contributed by atoms with van der Waals surface area (Å²) in [6.07, 6.45) is 7.29. The van der Waals surface area contributed by atoms with Crippen molar-refractivity contribution in [3.05, 3.63) is 0 Å². The average Bonchev–Trinajstić information content (AvgIpc) is 2.12. The molecule has 12 heavy (non-hydrogen) atoms. The summed E-state index contributed by atoms with van der Waals surface area (Å²) in [6.45, 7) is 4.55. The predicted octanol–water partition coefficient (Wildman–Crippen LogP) is 2.97. The first-order valence-electron chi connectivity index (χ1n) is 5.36. The Kier molecular flexibility index (Phi) is 4.07. The van der Waals surface area contributed by atoms with Gasteiger partial charge in [-0.1, -0.05) is 33.1 Å². The average molecular weight is 170 g/mol. The van der Waals surface area contributed by atoms with Crippen molar-refractivity contribution in [2.75, 3.05) is 0 Å². The lowest BCUT2D eigenvalue weighted by Gasteiger charge is -2.18. The van der Waals surface area contributed by atoms with Gasteiger partial charge < -0.3 is 5.11 Å². The molecule has 0 aromatic rings. The fraction of sp³-hybridized carbons (Fsp3) is 1.00. The Hall–Kier alpha value is -0.0400. The highest BCUT2D eigenvalue weighted by Crippen LogP contribution is 2.28. The second-order valence-corrected chi connectivity index (χ2v) is 4.67. The molecular formula is C11H22O. The maximum absolute atomic E-state index is 9.57. The van der Waals surface area contributed by atoms with E-state index >= 15 is 0 Å². The molecule has 72 valence electrons. The summed E-state index contributed by atoms with van der Waals surface area (Å²) >= 11 is 0. The second kappa shape index (κ2) is 4.86. The Morgan fingerprint density at radius 2 is 1.92 bits per heavy atom. The summed E-state index contributed by atoms with van der Waals surface area (Å²) in [5.74, 6) is 1.59. The van der Waals surface area contributed by atoms with Gasteiger partial charge in [0.2, 0.25) is 0 Å². The summed E-state index contributed by atoms with van der Waals surface area (Å²) in [5.41, 5.74) is 0. The highest BCUT2D eigenvalue weighted by atomic mass is 16.3. The van der Waals surface area contributed by atoms with E-state index in [1.165, 1.54) is 25.7 Å². The van der Waals surface area contributed by atoms with Crippen LogP contribution < -0.4 is 0 Å². The summed E-state index contributed by atoms with van der Waals surface area (Å²) in [6, 6.07) is 0.